The van der Waals surface area contributed by atoms with E-state index in [1.54, 1.807) is 28.8 Å². The van der Waals surface area contributed by atoms with Gasteiger partial charge in [0, 0.05) is 31.5 Å². The summed E-state index contributed by atoms with van der Waals surface area (Å²) >= 11 is 3.66. The number of β-amino-alcohol motifs (C(OH)–C–C–N with tert-alkyl or cyclic N) is 1. The number of likely N-dealkylation sites (tertiary alicyclic amines) is 1. The van der Waals surface area contributed by atoms with Gasteiger partial charge in [0.15, 0.2) is 0 Å². The summed E-state index contributed by atoms with van der Waals surface area (Å²) in [5.74, 6) is -2.53. The van der Waals surface area contributed by atoms with E-state index >= 15 is 0 Å². The van der Waals surface area contributed by atoms with Crippen molar-refractivity contribution in [2.75, 3.05) is 33.3 Å². The number of aromatic nitrogens is 3. The fraction of sp³-hybridized carbons (Fsp3) is 0.500. The third-order valence-electron chi connectivity index (χ3n) is 7.81. The number of carbonyl (C=O) groups is 3. The molecule has 1 spiro atoms. The second-order valence-corrected chi connectivity index (χ2v) is 11.2. The normalized spacial score (nSPS) is 29.5. The molecule has 1 aromatic carbocycles. The van der Waals surface area contributed by atoms with Gasteiger partial charge >= 0.3 is 0 Å². The van der Waals surface area contributed by atoms with Crippen molar-refractivity contribution in [1.82, 2.24) is 29.7 Å². The molecule has 5 rings (SSSR count). The van der Waals surface area contributed by atoms with Crippen LogP contribution in [0.2, 0.25) is 0 Å². The van der Waals surface area contributed by atoms with E-state index in [0.29, 0.717) is 18.5 Å². The van der Waals surface area contributed by atoms with Crippen LogP contribution < -0.4 is 0 Å². The summed E-state index contributed by atoms with van der Waals surface area (Å²) in [6, 6.07) is 6.41. The number of halogens is 1. The number of aliphatic hydroxyl groups excluding tert-OH is 1. The van der Waals surface area contributed by atoms with E-state index in [0.717, 1.165) is 5.52 Å². The number of ether oxygens (including phenoxy) is 1. The van der Waals surface area contributed by atoms with Crippen LogP contribution in [0.4, 0.5) is 0 Å². The van der Waals surface area contributed by atoms with Crippen molar-refractivity contribution in [2.24, 2.45) is 11.8 Å². The molecule has 1 aromatic heterocycles. The maximum Gasteiger partial charge on any atom is 0.250 e. The summed E-state index contributed by atoms with van der Waals surface area (Å²) in [6.45, 7) is 7.73. The minimum Gasteiger partial charge on any atom is -0.395 e. The molecule has 3 unspecified atom stereocenters. The standard InChI is InChI=1S/C26H31BrN6O5/c1-4-10-30(3)23(35)19-20-24(36)32(12-13-34)22(26(20)14-16(27)21(19)38-26)25(37)31(11-5-2)15-33-18-9-7-6-8-17(18)28-29-33/h4-9,16,19-22,34H,1-2,10-15H2,3H3/t16?,19-,20+,21-,22?,26?/m1/s1. The molecule has 11 nitrogen and oxygen atoms in total. The third kappa shape index (κ3) is 3.97. The Balaban J connectivity index is 1.52. The Morgan fingerprint density at radius 2 is 2.00 bits per heavy atom. The number of aliphatic hydroxyl groups is 1. The average molecular weight is 587 g/mol. The Morgan fingerprint density at radius 3 is 2.71 bits per heavy atom. The van der Waals surface area contributed by atoms with E-state index in [1.165, 1.54) is 9.80 Å². The van der Waals surface area contributed by atoms with E-state index in [1.807, 2.05) is 24.3 Å². The minimum atomic E-state index is -1.21. The van der Waals surface area contributed by atoms with E-state index in [4.69, 9.17) is 4.74 Å². The van der Waals surface area contributed by atoms with Crippen LogP contribution in [0.25, 0.3) is 11.0 Å². The van der Waals surface area contributed by atoms with Crippen molar-refractivity contribution in [3.8, 4) is 0 Å². The van der Waals surface area contributed by atoms with Crippen LogP contribution in [0, 0.1) is 11.8 Å². The van der Waals surface area contributed by atoms with Crippen LogP contribution in [-0.2, 0) is 25.8 Å². The molecule has 202 valence electrons. The van der Waals surface area contributed by atoms with Gasteiger partial charge in [-0.05, 0) is 18.6 Å². The third-order valence-corrected chi connectivity index (χ3v) is 8.66. The van der Waals surface area contributed by atoms with Gasteiger partial charge in [-0.2, -0.15) is 0 Å². The molecule has 1 N–H and O–H groups in total. The summed E-state index contributed by atoms with van der Waals surface area (Å²) < 4.78 is 8.12. The van der Waals surface area contributed by atoms with Crippen molar-refractivity contribution >= 4 is 44.7 Å². The monoisotopic (exact) mass is 586 g/mol. The summed E-state index contributed by atoms with van der Waals surface area (Å²) in [5.41, 5.74) is 0.246. The van der Waals surface area contributed by atoms with Crippen molar-refractivity contribution in [3.63, 3.8) is 0 Å². The lowest BCUT2D eigenvalue weighted by Crippen LogP contribution is -2.57. The maximum absolute atomic E-state index is 14.3. The first kappa shape index (κ1) is 26.5. The number of hydrogen-bond donors (Lipinski definition) is 1. The molecule has 0 aliphatic carbocycles. The Hall–Kier alpha value is -3.09. The molecule has 3 fully saturated rings. The van der Waals surface area contributed by atoms with Crippen LogP contribution in [-0.4, -0.2) is 108 Å². The predicted octanol–water partition coefficient (Wildman–Crippen LogP) is 0.788. The number of alkyl halides is 1. The van der Waals surface area contributed by atoms with Crippen molar-refractivity contribution in [3.05, 3.63) is 49.6 Å². The fourth-order valence-corrected chi connectivity index (χ4v) is 7.25. The number of nitrogens with zero attached hydrogens (tertiary/aromatic N) is 6. The predicted molar refractivity (Wildman–Crippen MR) is 142 cm³/mol. The van der Waals surface area contributed by atoms with Crippen LogP contribution >= 0.6 is 15.9 Å². The van der Waals surface area contributed by atoms with Crippen LogP contribution in [0.15, 0.2) is 49.6 Å². The highest BCUT2D eigenvalue weighted by molar-refractivity contribution is 9.09. The molecule has 12 heteroatoms. The number of likely N-dealkylation sites (N-methyl/N-ethyl adjacent to an activating group) is 1. The van der Waals surface area contributed by atoms with Crippen molar-refractivity contribution in [2.45, 2.75) is 35.7 Å². The number of hydrogen-bond acceptors (Lipinski definition) is 7. The molecule has 6 atom stereocenters. The Morgan fingerprint density at radius 1 is 1.26 bits per heavy atom. The summed E-state index contributed by atoms with van der Waals surface area (Å²) in [7, 11) is 1.66. The Bertz CT molecular complexity index is 1280. The second-order valence-electron chi connectivity index (χ2n) is 9.99. The largest absolute Gasteiger partial charge is 0.395 e. The van der Waals surface area contributed by atoms with Crippen molar-refractivity contribution in [1.29, 1.82) is 0 Å². The molecule has 3 aliphatic heterocycles. The lowest BCUT2D eigenvalue weighted by Gasteiger charge is -2.37. The van der Waals surface area contributed by atoms with Gasteiger partial charge in [-0.15, -0.1) is 18.3 Å². The zero-order chi connectivity index (χ0) is 27.2. The minimum absolute atomic E-state index is 0.0495. The lowest BCUT2D eigenvalue weighted by molar-refractivity contribution is -0.150. The SMILES string of the molecule is C=CCN(C)C(=O)[C@H]1[C@@H]2OC3(CC2Br)C(C(=O)N(CC=C)Cn2nnc4ccccc42)N(CCO)C(=O)[C@H]13. The molecule has 3 saturated heterocycles. The molecular weight excluding hydrogens is 556 g/mol. The zero-order valence-corrected chi connectivity index (χ0v) is 22.7. The first-order chi connectivity index (χ1) is 18.3. The molecule has 3 amide bonds. The number of fused-ring (bicyclic) bond motifs is 2. The van der Waals surface area contributed by atoms with Crippen molar-refractivity contribution < 1.29 is 24.2 Å². The van der Waals surface area contributed by atoms with Gasteiger partial charge in [0.25, 0.3) is 0 Å². The van der Waals surface area contributed by atoms with Crippen LogP contribution in [0.1, 0.15) is 6.42 Å². The average Bonchev–Trinajstić information content (AvgIpc) is 3.61. The quantitative estimate of drug-likeness (QED) is 0.322. The lowest BCUT2D eigenvalue weighted by atomic mass is 9.70. The number of amides is 3. The zero-order valence-electron chi connectivity index (χ0n) is 21.1. The van der Waals surface area contributed by atoms with Gasteiger partial charge < -0.3 is 24.5 Å². The van der Waals surface area contributed by atoms with Gasteiger partial charge in [-0.25, -0.2) is 4.68 Å². The number of rotatable bonds is 10. The van der Waals surface area contributed by atoms with E-state index in [2.05, 4.69) is 39.4 Å². The molecule has 38 heavy (non-hydrogen) atoms. The van der Waals surface area contributed by atoms with Gasteiger partial charge in [0.2, 0.25) is 17.7 Å². The summed E-state index contributed by atoms with van der Waals surface area (Å²) in [6.07, 6.45) is 3.06. The first-order valence-electron chi connectivity index (χ1n) is 12.6. The first-order valence-corrected chi connectivity index (χ1v) is 13.5. The van der Waals surface area contributed by atoms with Gasteiger partial charge in [0.1, 0.15) is 23.8 Å². The number of para-hydroxylation sites is 1. The molecule has 2 bridgehead atoms. The van der Waals surface area contributed by atoms with E-state index in [9.17, 15) is 19.5 Å². The summed E-state index contributed by atoms with van der Waals surface area (Å²) in [5, 5.41) is 18.2. The van der Waals surface area contributed by atoms with Crippen LogP contribution in [0.3, 0.4) is 0 Å². The van der Waals surface area contributed by atoms with Gasteiger partial charge in [-0.3, -0.25) is 14.4 Å². The molecule has 0 saturated carbocycles. The Labute approximate surface area is 228 Å². The topological polar surface area (TPSA) is 121 Å². The number of benzene rings is 1. The fourth-order valence-electron chi connectivity index (χ4n) is 6.31. The molecule has 3 aliphatic rings. The Kier molecular flexibility index (Phi) is 7.14. The molecular formula is C26H31BrN6O5. The second kappa shape index (κ2) is 10.2. The summed E-state index contributed by atoms with van der Waals surface area (Å²) in [4.78, 5) is 45.9. The van der Waals surface area contributed by atoms with Gasteiger partial charge in [-0.1, -0.05) is 45.4 Å². The highest BCUT2D eigenvalue weighted by atomic mass is 79.9. The van der Waals surface area contributed by atoms with Gasteiger partial charge in [0.05, 0.1) is 30.1 Å². The smallest absolute Gasteiger partial charge is 0.250 e. The maximum atomic E-state index is 14.3. The molecule has 4 heterocycles. The van der Waals surface area contributed by atoms with Crippen LogP contribution in [0.5, 0.6) is 0 Å². The highest BCUT2D eigenvalue weighted by Crippen LogP contribution is 2.60. The number of carbonyl (C=O) groups excluding carboxylic acids is 3. The van der Waals surface area contributed by atoms with E-state index < -0.39 is 29.6 Å². The molecule has 0 radical (unpaired) electrons. The molecule has 2 aromatic rings. The van der Waals surface area contributed by atoms with E-state index in [-0.39, 0.29) is 48.9 Å². The highest BCUT2D eigenvalue weighted by Gasteiger charge is 2.76.